The van der Waals surface area contributed by atoms with Gasteiger partial charge in [0, 0.05) is 18.7 Å². The maximum atomic E-state index is 12.5. The highest BCUT2D eigenvalue weighted by Gasteiger charge is 2.46. The third kappa shape index (κ3) is 3.01. The Labute approximate surface area is 154 Å². The molecule has 0 aromatic heterocycles. The van der Waals surface area contributed by atoms with E-state index in [-0.39, 0.29) is 16.8 Å². The number of amides is 1. The number of Topliss-reactive ketones (excluding diaryl/α,β-unsaturated/α-hetero) is 1. The Morgan fingerprint density at radius 1 is 1.15 bits per heavy atom. The van der Waals surface area contributed by atoms with Crippen LogP contribution in [-0.2, 0) is 9.59 Å². The smallest absolute Gasteiger partial charge is 0.295 e. The summed E-state index contributed by atoms with van der Waals surface area (Å²) in [6, 6.07) is 11.0. The normalized spacial score (nSPS) is 18.6. The lowest BCUT2D eigenvalue weighted by atomic mass is 9.94. The number of rotatable bonds is 4. The minimum absolute atomic E-state index is 0.152. The van der Waals surface area contributed by atoms with Crippen LogP contribution in [0.3, 0.4) is 0 Å². The fourth-order valence-corrected chi connectivity index (χ4v) is 3.10. The molecule has 1 aliphatic rings. The van der Waals surface area contributed by atoms with Gasteiger partial charge in [-0.1, -0.05) is 12.1 Å². The Kier molecular flexibility index (Phi) is 4.64. The molecule has 1 aliphatic heterocycles. The molecule has 1 fully saturated rings. The molecule has 0 aliphatic carbocycles. The number of hydrogen-bond donors (Lipinski definition) is 1. The van der Waals surface area contributed by atoms with Crippen molar-refractivity contribution in [3.05, 3.63) is 75.3 Å². The number of benzene rings is 2. The fraction of sp³-hybridized carbons (Fsp3) is 0.158. The minimum atomic E-state index is -1.06. The number of nitrogens with zero attached hydrogens (tertiary/aromatic N) is 2. The third-order valence-electron chi connectivity index (χ3n) is 4.47. The Bertz CT molecular complexity index is 964. The van der Waals surface area contributed by atoms with Crippen LogP contribution in [0.25, 0.3) is 5.76 Å². The molecule has 0 bridgehead atoms. The van der Waals surface area contributed by atoms with Gasteiger partial charge in [-0.2, -0.15) is 0 Å². The molecule has 8 nitrogen and oxygen atoms in total. The van der Waals surface area contributed by atoms with Gasteiger partial charge in [0.05, 0.1) is 29.2 Å². The number of ketones is 1. The first-order valence-electron chi connectivity index (χ1n) is 7.99. The molecule has 27 heavy (non-hydrogen) atoms. The highest BCUT2D eigenvalue weighted by atomic mass is 16.6. The Morgan fingerprint density at radius 2 is 1.78 bits per heavy atom. The van der Waals surface area contributed by atoms with Gasteiger partial charge in [0.1, 0.15) is 11.5 Å². The van der Waals surface area contributed by atoms with E-state index in [1.807, 2.05) is 0 Å². The van der Waals surface area contributed by atoms with E-state index < -0.39 is 28.4 Å². The predicted molar refractivity (Wildman–Crippen MR) is 96.2 cm³/mol. The zero-order chi connectivity index (χ0) is 19.7. The molecule has 1 heterocycles. The van der Waals surface area contributed by atoms with Crippen molar-refractivity contribution in [3.8, 4) is 5.75 Å². The maximum absolute atomic E-state index is 12.5. The molecular formula is C19H16N2O6. The molecule has 0 unspecified atom stereocenters. The second-order valence-corrected chi connectivity index (χ2v) is 5.95. The van der Waals surface area contributed by atoms with E-state index >= 15 is 0 Å². The van der Waals surface area contributed by atoms with Gasteiger partial charge in [-0.05, 0) is 30.3 Å². The molecule has 8 heteroatoms. The first kappa shape index (κ1) is 18.1. The number of para-hydroxylation sites is 1. The molecule has 3 rings (SSSR count). The molecule has 1 N–H and O–H groups in total. The van der Waals surface area contributed by atoms with E-state index in [4.69, 9.17) is 4.74 Å². The number of aliphatic hydroxyl groups excluding tert-OH is 1. The highest BCUT2D eigenvalue weighted by molar-refractivity contribution is 6.46. The van der Waals surface area contributed by atoms with E-state index in [2.05, 4.69) is 0 Å². The molecule has 2 aromatic carbocycles. The lowest BCUT2D eigenvalue weighted by Crippen LogP contribution is -2.25. The number of likely N-dealkylation sites (tertiary alicyclic amines) is 1. The van der Waals surface area contributed by atoms with Crippen molar-refractivity contribution in [1.82, 2.24) is 4.90 Å². The van der Waals surface area contributed by atoms with Crippen LogP contribution in [-0.4, -0.2) is 40.8 Å². The number of nitro groups is 1. The van der Waals surface area contributed by atoms with Gasteiger partial charge < -0.3 is 14.7 Å². The summed E-state index contributed by atoms with van der Waals surface area (Å²) in [7, 11) is 2.86. The predicted octanol–water partition coefficient (Wildman–Crippen LogP) is 2.65. The van der Waals surface area contributed by atoms with Gasteiger partial charge in [0.15, 0.2) is 0 Å². The highest BCUT2D eigenvalue weighted by Crippen LogP contribution is 2.41. The molecule has 1 amide bonds. The standard InChI is InChI=1S/C19H16N2O6/c1-20-16(13-5-3-4-6-14(13)21(25)26)15(18(23)19(20)24)17(22)11-7-9-12(27-2)10-8-11/h3-10,16,22H,1-2H3/t16-/m0/s1. The fourth-order valence-electron chi connectivity index (χ4n) is 3.10. The first-order chi connectivity index (χ1) is 12.9. The van der Waals surface area contributed by atoms with Crippen LogP contribution in [0.5, 0.6) is 5.75 Å². The lowest BCUT2D eigenvalue weighted by Gasteiger charge is -2.20. The number of nitro benzene ring substituents is 1. The van der Waals surface area contributed by atoms with Crippen molar-refractivity contribution in [1.29, 1.82) is 0 Å². The van der Waals surface area contributed by atoms with Gasteiger partial charge in [-0.15, -0.1) is 0 Å². The molecule has 0 spiro atoms. The third-order valence-corrected chi connectivity index (χ3v) is 4.47. The second-order valence-electron chi connectivity index (χ2n) is 5.95. The monoisotopic (exact) mass is 368 g/mol. The minimum Gasteiger partial charge on any atom is -0.507 e. The number of hydrogen-bond acceptors (Lipinski definition) is 6. The van der Waals surface area contributed by atoms with Gasteiger partial charge in [-0.25, -0.2) is 0 Å². The Hall–Kier alpha value is -3.68. The van der Waals surface area contributed by atoms with E-state index in [0.29, 0.717) is 11.3 Å². The molecular weight excluding hydrogens is 352 g/mol. The van der Waals surface area contributed by atoms with Crippen molar-refractivity contribution in [3.63, 3.8) is 0 Å². The Morgan fingerprint density at radius 3 is 2.37 bits per heavy atom. The molecule has 0 radical (unpaired) electrons. The van der Waals surface area contributed by atoms with Crippen molar-refractivity contribution >= 4 is 23.1 Å². The average Bonchev–Trinajstić information content (AvgIpc) is 2.91. The summed E-state index contributed by atoms with van der Waals surface area (Å²) in [6.45, 7) is 0. The quantitative estimate of drug-likeness (QED) is 0.292. The van der Waals surface area contributed by atoms with Gasteiger partial charge in [-0.3, -0.25) is 19.7 Å². The topological polar surface area (TPSA) is 110 Å². The van der Waals surface area contributed by atoms with Crippen molar-refractivity contribution < 1.29 is 24.4 Å². The molecule has 138 valence electrons. The number of methoxy groups -OCH3 is 1. The number of aliphatic hydroxyl groups is 1. The largest absolute Gasteiger partial charge is 0.507 e. The van der Waals surface area contributed by atoms with E-state index in [1.54, 1.807) is 18.2 Å². The van der Waals surface area contributed by atoms with Crippen LogP contribution < -0.4 is 4.74 Å². The van der Waals surface area contributed by atoms with Crippen LogP contribution in [0.1, 0.15) is 17.2 Å². The molecule has 0 saturated carbocycles. The van der Waals surface area contributed by atoms with Gasteiger partial charge >= 0.3 is 0 Å². The van der Waals surface area contributed by atoms with E-state index in [1.165, 1.54) is 44.5 Å². The van der Waals surface area contributed by atoms with E-state index in [9.17, 15) is 24.8 Å². The van der Waals surface area contributed by atoms with Gasteiger partial charge in [0.2, 0.25) is 0 Å². The maximum Gasteiger partial charge on any atom is 0.295 e. The van der Waals surface area contributed by atoms with Crippen LogP contribution in [0.15, 0.2) is 54.1 Å². The lowest BCUT2D eigenvalue weighted by molar-refractivity contribution is -0.385. The number of carbonyl (C=O) groups is 2. The van der Waals surface area contributed by atoms with Crippen molar-refractivity contribution in [2.45, 2.75) is 6.04 Å². The van der Waals surface area contributed by atoms with Crippen LogP contribution >= 0.6 is 0 Å². The zero-order valence-electron chi connectivity index (χ0n) is 14.6. The molecule has 2 aromatic rings. The summed E-state index contributed by atoms with van der Waals surface area (Å²) in [5.74, 6) is -1.58. The Balaban J connectivity index is 2.20. The molecule has 1 saturated heterocycles. The SMILES string of the molecule is COc1ccc(C(O)=C2C(=O)C(=O)N(C)[C@H]2c2ccccc2[N+](=O)[O-])cc1. The van der Waals surface area contributed by atoms with Gasteiger partial charge in [0.25, 0.3) is 17.4 Å². The van der Waals surface area contributed by atoms with E-state index in [0.717, 1.165) is 4.90 Å². The summed E-state index contributed by atoms with van der Waals surface area (Å²) in [6.07, 6.45) is 0. The number of ether oxygens (including phenoxy) is 1. The number of likely N-dealkylation sites (N-methyl/N-ethyl adjacent to an activating group) is 1. The summed E-state index contributed by atoms with van der Waals surface area (Å²) in [5, 5.41) is 22.1. The van der Waals surface area contributed by atoms with Crippen molar-refractivity contribution in [2.75, 3.05) is 14.2 Å². The average molecular weight is 368 g/mol. The second kappa shape index (κ2) is 6.91. The summed E-state index contributed by atoms with van der Waals surface area (Å²) < 4.78 is 5.06. The summed E-state index contributed by atoms with van der Waals surface area (Å²) in [4.78, 5) is 36.7. The van der Waals surface area contributed by atoms with Crippen LogP contribution in [0.4, 0.5) is 5.69 Å². The summed E-state index contributed by atoms with van der Waals surface area (Å²) >= 11 is 0. The van der Waals surface area contributed by atoms with Crippen molar-refractivity contribution in [2.24, 2.45) is 0 Å². The molecule has 1 atom stereocenters. The first-order valence-corrected chi connectivity index (χ1v) is 7.99. The van der Waals surface area contributed by atoms with Crippen LogP contribution in [0.2, 0.25) is 0 Å². The zero-order valence-corrected chi connectivity index (χ0v) is 14.6. The van der Waals surface area contributed by atoms with Crippen LogP contribution in [0, 0.1) is 10.1 Å². The summed E-state index contributed by atoms with van der Waals surface area (Å²) in [5.41, 5.74) is 0.0175. The number of carbonyl (C=O) groups excluding carboxylic acids is 2.